The normalized spacial score (nSPS) is 11.2. The van der Waals surface area contributed by atoms with Gasteiger partial charge in [-0.3, -0.25) is 0 Å². The van der Waals surface area contributed by atoms with E-state index in [2.05, 4.69) is 14.9 Å². The number of methoxy groups -OCH3 is 2. The second-order valence-electron chi connectivity index (χ2n) is 6.55. The molecule has 3 aromatic rings. The fourth-order valence-corrected chi connectivity index (χ4v) is 3.05. The molecule has 0 aliphatic rings. The van der Waals surface area contributed by atoms with E-state index in [1.54, 1.807) is 6.07 Å². The number of aryl methyl sites for hydroxylation is 1. The van der Waals surface area contributed by atoms with E-state index in [0.717, 1.165) is 41.1 Å². The third-order valence-corrected chi connectivity index (χ3v) is 4.30. The van der Waals surface area contributed by atoms with Crippen LogP contribution in [0.5, 0.6) is 5.88 Å². The molecule has 0 atom stereocenters. The number of nitrogens with zero attached hydrogens (tertiary/aromatic N) is 4. The van der Waals surface area contributed by atoms with Crippen molar-refractivity contribution in [2.45, 2.75) is 19.9 Å². The van der Waals surface area contributed by atoms with Gasteiger partial charge in [-0.05, 0) is 44.3 Å². The Hall–Kier alpha value is -2.93. The maximum Gasteiger partial charge on any atom is 0.343 e. The van der Waals surface area contributed by atoms with Crippen LogP contribution in [0.2, 0.25) is 0 Å². The molecule has 0 aliphatic heterocycles. The van der Waals surface area contributed by atoms with Gasteiger partial charge in [0.25, 0.3) is 0 Å². The molecule has 0 N–H and O–H groups in total. The SMILES string of the molecule is CCc1cc(C(=O)OC)c(OC)nc1-c1ccc2nc(CN(C)C)cn2c1. The molecule has 0 saturated heterocycles. The molecular weight excluding hydrogens is 344 g/mol. The van der Waals surface area contributed by atoms with Crippen molar-refractivity contribution in [3.05, 3.63) is 47.4 Å². The van der Waals surface area contributed by atoms with Crippen molar-refractivity contribution >= 4 is 11.6 Å². The summed E-state index contributed by atoms with van der Waals surface area (Å²) in [6.45, 7) is 2.80. The summed E-state index contributed by atoms with van der Waals surface area (Å²) in [5.41, 5.74) is 4.88. The van der Waals surface area contributed by atoms with Crippen molar-refractivity contribution in [1.82, 2.24) is 19.3 Å². The first-order valence-corrected chi connectivity index (χ1v) is 8.75. The fourth-order valence-electron chi connectivity index (χ4n) is 3.05. The molecule has 0 aromatic carbocycles. The van der Waals surface area contributed by atoms with Gasteiger partial charge in [-0.25, -0.2) is 14.8 Å². The maximum absolute atomic E-state index is 12.0. The van der Waals surface area contributed by atoms with Crippen LogP contribution in [0.15, 0.2) is 30.6 Å². The highest BCUT2D eigenvalue weighted by molar-refractivity contribution is 5.92. The van der Waals surface area contributed by atoms with Crippen LogP contribution in [0.4, 0.5) is 0 Å². The zero-order chi connectivity index (χ0) is 19.6. The molecule has 0 amide bonds. The lowest BCUT2D eigenvalue weighted by Crippen LogP contribution is -2.10. The Morgan fingerprint density at radius 1 is 1.19 bits per heavy atom. The number of fused-ring (bicyclic) bond motifs is 1. The van der Waals surface area contributed by atoms with Crippen LogP contribution in [-0.4, -0.2) is 53.6 Å². The van der Waals surface area contributed by atoms with E-state index in [1.807, 2.05) is 49.9 Å². The average Bonchev–Trinajstić information content (AvgIpc) is 3.06. The Morgan fingerprint density at radius 3 is 2.59 bits per heavy atom. The van der Waals surface area contributed by atoms with Gasteiger partial charge in [0.15, 0.2) is 0 Å². The molecule has 0 spiro atoms. The van der Waals surface area contributed by atoms with Crippen molar-refractivity contribution in [2.24, 2.45) is 0 Å². The predicted molar refractivity (Wildman–Crippen MR) is 103 cm³/mol. The average molecular weight is 368 g/mol. The first kappa shape index (κ1) is 18.8. The Bertz CT molecular complexity index is 979. The van der Waals surface area contributed by atoms with Crippen LogP contribution < -0.4 is 4.74 Å². The summed E-state index contributed by atoms with van der Waals surface area (Å²) in [4.78, 5) is 23.3. The molecule has 0 radical (unpaired) electrons. The monoisotopic (exact) mass is 368 g/mol. The third-order valence-electron chi connectivity index (χ3n) is 4.30. The van der Waals surface area contributed by atoms with Crippen LogP contribution in [-0.2, 0) is 17.7 Å². The lowest BCUT2D eigenvalue weighted by Gasteiger charge is -2.13. The van der Waals surface area contributed by atoms with Crippen molar-refractivity contribution in [3.8, 4) is 17.1 Å². The molecular formula is C20H24N4O3. The summed E-state index contributed by atoms with van der Waals surface area (Å²) >= 11 is 0. The van der Waals surface area contributed by atoms with Gasteiger partial charge < -0.3 is 18.8 Å². The summed E-state index contributed by atoms with van der Waals surface area (Å²) in [6, 6.07) is 5.75. The molecule has 0 aliphatic carbocycles. The second-order valence-corrected chi connectivity index (χ2v) is 6.55. The summed E-state index contributed by atoms with van der Waals surface area (Å²) in [5, 5.41) is 0. The van der Waals surface area contributed by atoms with Crippen LogP contribution >= 0.6 is 0 Å². The molecule has 0 unspecified atom stereocenters. The Kier molecular flexibility index (Phi) is 5.41. The number of carbonyl (C=O) groups excluding carboxylic acids is 1. The standard InChI is InChI=1S/C20H24N4O3/c1-6-13-9-16(20(25)27-5)19(26-4)22-18(13)14-7-8-17-21-15(11-23(2)3)12-24(17)10-14/h7-10,12H,6,11H2,1-5H3. The molecule has 3 heterocycles. The van der Waals surface area contributed by atoms with E-state index in [4.69, 9.17) is 9.47 Å². The van der Waals surface area contributed by atoms with Gasteiger partial charge in [-0.1, -0.05) is 6.92 Å². The highest BCUT2D eigenvalue weighted by Gasteiger charge is 2.19. The molecule has 7 nitrogen and oxygen atoms in total. The fraction of sp³-hybridized carbons (Fsp3) is 0.350. The predicted octanol–water partition coefficient (Wildman–Crippen LogP) is 2.82. The number of hydrogen-bond acceptors (Lipinski definition) is 6. The number of carbonyl (C=O) groups is 1. The molecule has 3 rings (SSSR count). The van der Waals surface area contributed by atoms with Gasteiger partial charge >= 0.3 is 5.97 Å². The van der Waals surface area contributed by atoms with Crippen molar-refractivity contribution in [3.63, 3.8) is 0 Å². The van der Waals surface area contributed by atoms with Crippen LogP contribution in [0.25, 0.3) is 16.9 Å². The highest BCUT2D eigenvalue weighted by atomic mass is 16.5. The zero-order valence-corrected chi connectivity index (χ0v) is 16.3. The van der Waals surface area contributed by atoms with Gasteiger partial charge in [-0.15, -0.1) is 0 Å². The lowest BCUT2D eigenvalue weighted by atomic mass is 10.0. The van der Waals surface area contributed by atoms with Gasteiger partial charge in [0.05, 0.1) is 25.6 Å². The number of rotatable bonds is 6. The molecule has 142 valence electrons. The largest absolute Gasteiger partial charge is 0.480 e. The maximum atomic E-state index is 12.0. The third kappa shape index (κ3) is 3.78. The van der Waals surface area contributed by atoms with Crippen molar-refractivity contribution in [2.75, 3.05) is 28.3 Å². The van der Waals surface area contributed by atoms with Crippen LogP contribution in [0.1, 0.15) is 28.5 Å². The second kappa shape index (κ2) is 7.75. The smallest absolute Gasteiger partial charge is 0.343 e. The minimum absolute atomic E-state index is 0.257. The number of esters is 1. The van der Waals surface area contributed by atoms with E-state index in [9.17, 15) is 4.79 Å². The van der Waals surface area contributed by atoms with Crippen molar-refractivity contribution < 1.29 is 14.3 Å². The van der Waals surface area contributed by atoms with Crippen molar-refractivity contribution in [1.29, 1.82) is 0 Å². The Morgan fingerprint density at radius 2 is 1.96 bits per heavy atom. The minimum atomic E-state index is -0.459. The molecule has 0 fully saturated rings. The Labute approximate surface area is 158 Å². The van der Waals surface area contributed by atoms with E-state index in [-0.39, 0.29) is 5.88 Å². The molecule has 3 aromatic heterocycles. The minimum Gasteiger partial charge on any atom is -0.480 e. The first-order valence-electron chi connectivity index (χ1n) is 8.75. The molecule has 0 saturated carbocycles. The lowest BCUT2D eigenvalue weighted by molar-refractivity contribution is 0.0596. The summed E-state index contributed by atoms with van der Waals surface area (Å²) < 4.78 is 12.2. The van der Waals surface area contributed by atoms with E-state index >= 15 is 0 Å². The van der Waals surface area contributed by atoms with E-state index in [1.165, 1.54) is 14.2 Å². The van der Waals surface area contributed by atoms with Crippen LogP contribution in [0, 0.1) is 0 Å². The summed E-state index contributed by atoms with van der Waals surface area (Å²) in [5.74, 6) is -0.202. The van der Waals surface area contributed by atoms with Crippen LogP contribution in [0.3, 0.4) is 0 Å². The zero-order valence-electron chi connectivity index (χ0n) is 16.3. The summed E-state index contributed by atoms with van der Waals surface area (Å²) in [7, 11) is 6.88. The Balaban J connectivity index is 2.10. The number of ether oxygens (including phenoxy) is 2. The number of imidazole rings is 1. The number of aromatic nitrogens is 3. The highest BCUT2D eigenvalue weighted by Crippen LogP contribution is 2.29. The van der Waals surface area contributed by atoms with Gasteiger partial charge in [0.1, 0.15) is 11.2 Å². The first-order chi connectivity index (χ1) is 13.0. The van der Waals surface area contributed by atoms with Gasteiger partial charge in [0, 0.05) is 24.5 Å². The molecule has 7 heteroatoms. The summed E-state index contributed by atoms with van der Waals surface area (Å²) in [6.07, 6.45) is 4.74. The molecule has 0 bridgehead atoms. The quantitative estimate of drug-likeness (QED) is 0.623. The topological polar surface area (TPSA) is 69.0 Å². The van der Waals surface area contributed by atoms with Gasteiger partial charge in [-0.2, -0.15) is 0 Å². The number of pyridine rings is 2. The van der Waals surface area contributed by atoms with Gasteiger partial charge in [0.2, 0.25) is 5.88 Å². The molecule has 27 heavy (non-hydrogen) atoms. The number of hydrogen-bond donors (Lipinski definition) is 0. The van der Waals surface area contributed by atoms with E-state index in [0.29, 0.717) is 5.56 Å². The van der Waals surface area contributed by atoms with E-state index < -0.39 is 5.97 Å².